The van der Waals surface area contributed by atoms with Gasteiger partial charge in [-0.3, -0.25) is 20.6 Å². The molecule has 3 aliphatic heterocycles. The molecule has 0 saturated carbocycles. The number of hydrogen-bond acceptors (Lipinski definition) is 7. The second kappa shape index (κ2) is 11.3. The van der Waals surface area contributed by atoms with E-state index >= 15 is 0 Å². The molecule has 10 heteroatoms. The molecular formula is C28H36N6O4. The Morgan fingerprint density at radius 3 is 2.89 bits per heavy atom. The van der Waals surface area contributed by atoms with Gasteiger partial charge in [-0.2, -0.15) is 0 Å². The Morgan fingerprint density at radius 2 is 2.13 bits per heavy atom. The fourth-order valence-electron chi connectivity index (χ4n) is 5.29. The van der Waals surface area contributed by atoms with Crippen molar-refractivity contribution in [2.75, 3.05) is 26.3 Å². The molecule has 202 valence electrons. The van der Waals surface area contributed by atoms with Crippen LogP contribution in [-0.2, 0) is 22.4 Å². The molecule has 0 aromatic carbocycles. The molecule has 2 fully saturated rings. The third-order valence-corrected chi connectivity index (χ3v) is 7.45. The van der Waals surface area contributed by atoms with Gasteiger partial charge in [0.2, 0.25) is 0 Å². The number of hydrogen-bond donors (Lipinski definition) is 3. The highest BCUT2D eigenvalue weighted by atomic mass is 16.6. The Morgan fingerprint density at radius 1 is 1.26 bits per heavy atom. The number of nitrogens with zero attached hydrogens (tertiary/aromatic N) is 3. The maximum absolute atomic E-state index is 13.3. The second-order valence-electron chi connectivity index (χ2n) is 9.94. The molecule has 3 N–H and O–H groups in total. The van der Waals surface area contributed by atoms with E-state index in [4.69, 9.17) is 20.3 Å². The number of likely N-dealkylation sites (tertiary alicyclic amines) is 1. The number of allylic oxidation sites excluding steroid dienone is 3. The normalized spacial score (nSPS) is 24.2. The largest absolute Gasteiger partial charge is 0.444 e. The fourth-order valence-corrected chi connectivity index (χ4v) is 5.29. The van der Waals surface area contributed by atoms with Crippen molar-refractivity contribution in [2.24, 2.45) is 0 Å². The van der Waals surface area contributed by atoms with Gasteiger partial charge in [0.1, 0.15) is 23.5 Å². The fraction of sp³-hybridized carbons (Fsp3) is 0.464. The molecule has 1 aromatic heterocycles. The zero-order chi connectivity index (χ0) is 26.6. The van der Waals surface area contributed by atoms with Crippen molar-refractivity contribution in [2.45, 2.75) is 57.7 Å². The number of nitrogens with one attached hydrogen (secondary N) is 3. The summed E-state index contributed by atoms with van der Waals surface area (Å²) in [7, 11) is 0. The Labute approximate surface area is 223 Å². The summed E-state index contributed by atoms with van der Waals surface area (Å²) < 4.78 is 10.9. The van der Waals surface area contributed by atoms with Gasteiger partial charge in [-0.15, -0.1) is 0 Å². The number of piperidine rings is 1. The zero-order valence-corrected chi connectivity index (χ0v) is 21.7. The molecule has 2 amide bonds. The minimum atomic E-state index is -0.426. The summed E-state index contributed by atoms with van der Waals surface area (Å²) in [4.78, 5) is 33.7. The van der Waals surface area contributed by atoms with Crippen molar-refractivity contribution in [3.05, 3.63) is 64.5 Å². The van der Waals surface area contributed by atoms with Gasteiger partial charge in [-0.05, 0) is 49.0 Å². The standard InChI is InChI=1S/C28H34N6O4.H2/c1-2-21-22(26(30)34-11-4-3-8-25(34)29)6-5-7-23(21)32-27(35)24-14-19-16-33(12-9-18(19)15-31-24)28(36)38-20-10-13-37-17-20;/h2,5-7,14-15,20,23,29-30H,3-4,8-13,16-17H2,1H3,(H,32,35);1H/b21-2-,29-25?,30-26?;. The lowest BCUT2D eigenvalue weighted by Gasteiger charge is -2.33. The maximum atomic E-state index is 13.3. The number of amides is 2. The molecule has 0 bridgehead atoms. The topological polar surface area (TPSA) is 132 Å². The zero-order valence-electron chi connectivity index (χ0n) is 21.7. The molecule has 2 unspecified atom stereocenters. The van der Waals surface area contributed by atoms with Crippen LogP contribution in [0.5, 0.6) is 0 Å². The van der Waals surface area contributed by atoms with Gasteiger partial charge >= 0.3 is 6.09 Å². The average molecular weight is 521 g/mol. The first-order valence-corrected chi connectivity index (χ1v) is 13.3. The molecule has 38 heavy (non-hydrogen) atoms. The molecular weight excluding hydrogens is 484 g/mol. The lowest BCUT2D eigenvalue weighted by molar-refractivity contribution is 0.0516. The van der Waals surface area contributed by atoms with Gasteiger partial charge in [0, 0.05) is 45.7 Å². The van der Waals surface area contributed by atoms with E-state index in [2.05, 4.69) is 10.3 Å². The quantitative estimate of drug-likeness (QED) is 0.411. The van der Waals surface area contributed by atoms with Gasteiger partial charge in [0.05, 0.1) is 19.3 Å². The van der Waals surface area contributed by atoms with E-state index in [1.165, 1.54) is 0 Å². The van der Waals surface area contributed by atoms with Gasteiger partial charge < -0.3 is 24.6 Å². The van der Waals surface area contributed by atoms with E-state index in [9.17, 15) is 9.59 Å². The van der Waals surface area contributed by atoms with Crippen molar-refractivity contribution >= 4 is 23.7 Å². The molecule has 4 heterocycles. The van der Waals surface area contributed by atoms with Crippen molar-refractivity contribution < 1.29 is 20.5 Å². The lowest BCUT2D eigenvalue weighted by Crippen LogP contribution is -2.43. The highest BCUT2D eigenvalue weighted by Gasteiger charge is 2.30. The minimum absolute atomic E-state index is 0. The molecule has 10 nitrogen and oxygen atoms in total. The molecule has 0 radical (unpaired) electrons. The molecule has 5 rings (SSSR count). The average Bonchev–Trinajstić information content (AvgIpc) is 3.45. The van der Waals surface area contributed by atoms with Gasteiger partial charge in [-0.25, -0.2) is 4.79 Å². The first-order valence-electron chi connectivity index (χ1n) is 13.3. The van der Waals surface area contributed by atoms with E-state index in [1.54, 1.807) is 22.1 Å². The second-order valence-corrected chi connectivity index (χ2v) is 9.94. The van der Waals surface area contributed by atoms with Crippen LogP contribution in [0.2, 0.25) is 0 Å². The van der Waals surface area contributed by atoms with Crippen LogP contribution in [-0.4, -0.2) is 76.9 Å². The predicted octanol–water partition coefficient (Wildman–Crippen LogP) is 3.59. The first-order chi connectivity index (χ1) is 18.4. The van der Waals surface area contributed by atoms with Crippen LogP contribution in [0.4, 0.5) is 4.79 Å². The number of rotatable bonds is 4. The summed E-state index contributed by atoms with van der Waals surface area (Å²) in [6.45, 7) is 4.49. The Hall–Kier alpha value is -3.79. The number of pyridine rings is 1. The minimum Gasteiger partial charge on any atom is -0.444 e. The van der Waals surface area contributed by atoms with Crippen LogP contribution >= 0.6 is 0 Å². The number of carbonyl (C=O) groups is 2. The Balaban J connectivity index is 0.00000353. The van der Waals surface area contributed by atoms with E-state index in [1.807, 2.05) is 31.2 Å². The van der Waals surface area contributed by atoms with Crippen molar-refractivity contribution in [3.8, 4) is 0 Å². The smallest absolute Gasteiger partial charge is 0.410 e. The number of aromatic nitrogens is 1. The predicted molar refractivity (Wildman–Crippen MR) is 144 cm³/mol. The van der Waals surface area contributed by atoms with E-state index in [0.717, 1.165) is 29.5 Å². The van der Waals surface area contributed by atoms with E-state index < -0.39 is 6.04 Å². The third-order valence-electron chi connectivity index (χ3n) is 7.45. The first kappa shape index (κ1) is 25.8. The van der Waals surface area contributed by atoms with Crippen LogP contribution in [0.15, 0.2) is 47.7 Å². The molecule has 4 aliphatic rings. The van der Waals surface area contributed by atoms with Gasteiger partial charge in [0.25, 0.3) is 5.91 Å². The number of amidine groups is 2. The Bertz CT molecular complexity index is 1240. The van der Waals surface area contributed by atoms with Crippen LogP contribution in [0, 0.1) is 10.8 Å². The summed E-state index contributed by atoms with van der Waals surface area (Å²) >= 11 is 0. The summed E-state index contributed by atoms with van der Waals surface area (Å²) in [6, 6.07) is 1.32. The van der Waals surface area contributed by atoms with E-state index in [-0.39, 0.29) is 31.1 Å². The summed E-state index contributed by atoms with van der Waals surface area (Å²) in [5, 5.41) is 20.1. The van der Waals surface area contributed by atoms with Crippen LogP contribution in [0.1, 0.15) is 55.6 Å². The van der Waals surface area contributed by atoms with Crippen LogP contribution < -0.4 is 5.32 Å². The summed E-state index contributed by atoms with van der Waals surface area (Å²) in [5.74, 6) is 0.415. The number of ether oxygens (including phenoxy) is 2. The SMILES string of the molecule is C/C=C1/C(C(=N)N2CCCCC2=N)=CC=CC1NC(=O)c1cc2c(cn1)CCN(C(=O)OC1CCOC1)C2.[HH]. The third kappa shape index (κ3) is 5.40. The molecule has 1 aromatic rings. The van der Waals surface area contributed by atoms with E-state index in [0.29, 0.717) is 63.5 Å². The molecule has 0 spiro atoms. The lowest BCUT2D eigenvalue weighted by atomic mass is 9.91. The van der Waals surface area contributed by atoms with Crippen LogP contribution in [0.3, 0.4) is 0 Å². The van der Waals surface area contributed by atoms with Crippen molar-refractivity contribution in [1.82, 2.24) is 20.1 Å². The molecule has 2 saturated heterocycles. The summed E-state index contributed by atoms with van der Waals surface area (Å²) in [6.07, 6.45) is 12.6. The van der Waals surface area contributed by atoms with Gasteiger partial charge in [0.15, 0.2) is 0 Å². The highest BCUT2D eigenvalue weighted by molar-refractivity contribution is 6.10. The maximum Gasteiger partial charge on any atom is 0.410 e. The number of carbonyl (C=O) groups excluding carboxylic acids is 2. The molecule has 1 aliphatic carbocycles. The van der Waals surface area contributed by atoms with Crippen molar-refractivity contribution in [3.63, 3.8) is 0 Å². The Kier molecular flexibility index (Phi) is 7.69. The highest BCUT2D eigenvalue weighted by Crippen LogP contribution is 2.26. The van der Waals surface area contributed by atoms with Gasteiger partial charge in [-0.1, -0.05) is 24.3 Å². The van der Waals surface area contributed by atoms with Crippen molar-refractivity contribution in [1.29, 1.82) is 10.8 Å². The number of fused-ring (bicyclic) bond motifs is 1. The molecule has 2 atom stereocenters. The van der Waals surface area contributed by atoms with Crippen LogP contribution in [0.25, 0.3) is 0 Å². The monoisotopic (exact) mass is 520 g/mol. The summed E-state index contributed by atoms with van der Waals surface area (Å²) in [5.41, 5.74) is 3.69.